The number of pyridine rings is 1. The van der Waals surface area contributed by atoms with Crippen molar-refractivity contribution in [3.8, 4) is 0 Å². The maximum absolute atomic E-state index is 12.2. The van der Waals surface area contributed by atoms with Gasteiger partial charge in [-0.15, -0.1) is 0 Å². The number of hydrogen-bond donors (Lipinski definition) is 0. The van der Waals surface area contributed by atoms with E-state index in [1.54, 1.807) is 0 Å². The second kappa shape index (κ2) is 5.44. The molecule has 5 nitrogen and oxygen atoms in total. The van der Waals surface area contributed by atoms with Crippen LogP contribution < -0.4 is 5.63 Å². The van der Waals surface area contributed by atoms with Gasteiger partial charge in [-0.25, -0.2) is 9.59 Å². The molecule has 3 aromatic rings. The molecule has 0 aliphatic heterocycles. The van der Waals surface area contributed by atoms with Crippen LogP contribution in [0, 0.1) is 6.92 Å². The molecule has 4 rings (SSSR count). The van der Waals surface area contributed by atoms with E-state index < -0.39 is 11.6 Å². The number of rotatable bonds is 1. The van der Waals surface area contributed by atoms with Crippen molar-refractivity contribution < 1.29 is 13.9 Å². The van der Waals surface area contributed by atoms with Crippen LogP contribution in [0.2, 0.25) is 0 Å². The lowest BCUT2D eigenvalue weighted by Gasteiger charge is -2.20. The fraction of sp³-hybridized carbons (Fsp3) is 0.316. The normalized spacial score (nSPS) is 13.9. The number of aryl methyl sites for hydroxylation is 3. The van der Waals surface area contributed by atoms with Crippen molar-refractivity contribution in [3.63, 3.8) is 0 Å². The van der Waals surface area contributed by atoms with Gasteiger partial charge in [-0.2, -0.15) is 0 Å². The molecule has 2 aromatic heterocycles. The molecule has 0 N–H and O–H groups in total. The van der Waals surface area contributed by atoms with E-state index in [0.717, 1.165) is 53.4 Å². The number of esters is 1. The molecule has 1 aliphatic rings. The number of benzene rings is 1. The highest BCUT2D eigenvalue weighted by atomic mass is 16.5. The monoisotopic (exact) mass is 323 g/mol. The van der Waals surface area contributed by atoms with Crippen molar-refractivity contribution in [3.05, 3.63) is 51.0 Å². The van der Waals surface area contributed by atoms with Gasteiger partial charge in [0.2, 0.25) is 0 Å². The minimum atomic E-state index is -0.537. The molecule has 0 unspecified atom stereocenters. The number of methoxy groups -OCH3 is 1. The second-order valence-electron chi connectivity index (χ2n) is 6.19. The number of hydrogen-bond acceptors (Lipinski definition) is 5. The Labute approximate surface area is 138 Å². The van der Waals surface area contributed by atoms with Gasteiger partial charge in [-0.3, -0.25) is 4.98 Å². The van der Waals surface area contributed by atoms with E-state index in [2.05, 4.69) is 0 Å². The molecule has 24 heavy (non-hydrogen) atoms. The van der Waals surface area contributed by atoms with Crippen LogP contribution in [0.1, 0.15) is 40.0 Å². The summed E-state index contributed by atoms with van der Waals surface area (Å²) >= 11 is 0. The predicted molar refractivity (Wildman–Crippen MR) is 90.5 cm³/mol. The molecule has 0 bridgehead atoms. The number of carbonyl (C=O) groups is 1. The fourth-order valence-electron chi connectivity index (χ4n) is 3.65. The number of ether oxygens (including phenoxy) is 1. The number of nitrogens with zero attached hydrogens (tertiary/aromatic N) is 1. The van der Waals surface area contributed by atoms with Crippen molar-refractivity contribution in [1.82, 2.24) is 4.98 Å². The first kappa shape index (κ1) is 14.9. The highest BCUT2D eigenvalue weighted by molar-refractivity contribution is 6.16. The van der Waals surface area contributed by atoms with Crippen LogP contribution in [0.15, 0.2) is 27.4 Å². The third kappa shape index (κ3) is 2.12. The van der Waals surface area contributed by atoms with Crippen LogP contribution in [0.25, 0.3) is 21.9 Å². The number of carbonyl (C=O) groups excluding carboxylic acids is 1. The van der Waals surface area contributed by atoms with Gasteiger partial charge in [-0.1, -0.05) is 6.07 Å². The van der Waals surface area contributed by atoms with Gasteiger partial charge in [0.15, 0.2) is 0 Å². The molecule has 1 aromatic carbocycles. The number of fused-ring (bicyclic) bond motifs is 6. The topological polar surface area (TPSA) is 69.4 Å². The first-order chi connectivity index (χ1) is 11.6. The van der Waals surface area contributed by atoms with Gasteiger partial charge in [0.25, 0.3) is 0 Å². The van der Waals surface area contributed by atoms with Gasteiger partial charge >= 0.3 is 11.6 Å². The summed E-state index contributed by atoms with van der Waals surface area (Å²) in [6, 6.07) is 5.06. The molecule has 0 fully saturated rings. The molecule has 2 heterocycles. The van der Waals surface area contributed by atoms with Crippen LogP contribution in [-0.4, -0.2) is 18.1 Å². The zero-order chi connectivity index (χ0) is 16.8. The largest absolute Gasteiger partial charge is 0.465 e. The predicted octanol–water partition coefficient (Wildman–Crippen LogP) is 3.32. The summed E-state index contributed by atoms with van der Waals surface area (Å²) < 4.78 is 10.4. The second-order valence-corrected chi connectivity index (χ2v) is 6.19. The molecule has 0 radical (unpaired) electrons. The fourth-order valence-corrected chi connectivity index (χ4v) is 3.65. The Balaban J connectivity index is 2.28. The van der Waals surface area contributed by atoms with Crippen LogP contribution >= 0.6 is 0 Å². The molecule has 0 saturated heterocycles. The third-order valence-corrected chi connectivity index (χ3v) is 4.70. The van der Waals surface area contributed by atoms with Crippen molar-refractivity contribution in [2.45, 2.75) is 32.6 Å². The van der Waals surface area contributed by atoms with Crippen LogP contribution in [-0.2, 0) is 17.6 Å². The highest BCUT2D eigenvalue weighted by Gasteiger charge is 2.24. The minimum absolute atomic E-state index is 0.243. The Bertz CT molecular complexity index is 1050. The average Bonchev–Trinajstić information content (AvgIpc) is 2.60. The summed E-state index contributed by atoms with van der Waals surface area (Å²) in [6.45, 7) is 1.95. The van der Waals surface area contributed by atoms with Crippen LogP contribution in [0.5, 0.6) is 0 Å². The maximum Gasteiger partial charge on any atom is 0.338 e. The van der Waals surface area contributed by atoms with Gasteiger partial charge in [0.1, 0.15) is 5.58 Å². The molecule has 1 aliphatic carbocycles. The zero-order valence-corrected chi connectivity index (χ0v) is 13.6. The lowest BCUT2D eigenvalue weighted by Crippen LogP contribution is -2.12. The van der Waals surface area contributed by atoms with E-state index in [-0.39, 0.29) is 5.56 Å². The van der Waals surface area contributed by atoms with Crippen LogP contribution in [0.4, 0.5) is 0 Å². The Morgan fingerprint density at radius 1 is 1.21 bits per heavy atom. The highest BCUT2D eigenvalue weighted by Crippen LogP contribution is 2.37. The minimum Gasteiger partial charge on any atom is -0.465 e. The summed E-state index contributed by atoms with van der Waals surface area (Å²) in [6.07, 6.45) is 3.85. The Kier molecular flexibility index (Phi) is 3.37. The van der Waals surface area contributed by atoms with E-state index in [0.29, 0.717) is 11.0 Å². The van der Waals surface area contributed by atoms with Crippen molar-refractivity contribution in [2.75, 3.05) is 7.11 Å². The SMILES string of the molecule is COC(=O)c1cc(=O)oc2c3c(c4nc(C)ccc4c12)CCCC3. The first-order valence-electron chi connectivity index (χ1n) is 8.07. The van der Waals surface area contributed by atoms with Crippen LogP contribution in [0.3, 0.4) is 0 Å². The summed E-state index contributed by atoms with van der Waals surface area (Å²) in [4.78, 5) is 29.0. The summed E-state index contributed by atoms with van der Waals surface area (Å²) in [5, 5.41) is 1.46. The molecule has 0 saturated carbocycles. The van der Waals surface area contributed by atoms with Gasteiger partial charge in [0.05, 0.1) is 18.2 Å². The van der Waals surface area contributed by atoms with Crippen molar-refractivity contribution in [2.24, 2.45) is 0 Å². The lowest BCUT2D eigenvalue weighted by atomic mass is 9.86. The molecule has 0 spiro atoms. The maximum atomic E-state index is 12.2. The lowest BCUT2D eigenvalue weighted by molar-refractivity contribution is 0.0602. The smallest absolute Gasteiger partial charge is 0.338 e. The quantitative estimate of drug-likeness (QED) is 0.390. The molecule has 5 heteroatoms. The van der Waals surface area contributed by atoms with Gasteiger partial charge < -0.3 is 9.15 Å². The molecule has 122 valence electrons. The summed E-state index contributed by atoms with van der Waals surface area (Å²) in [5.74, 6) is -0.537. The van der Waals surface area contributed by atoms with Gasteiger partial charge in [-0.05, 0) is 44.2 Å². The molecule has 0 atom stereocenters. The van der Waals surface area contributed by atoms with Gasteiger partial charge in [0, 0.05) is 28.1 Å². The average molecular weight is 323 g/mol. The Morgan fingerprint density at radius 2 is 1.96 bits per heavy atom. The molecular weight excluding hydrogens is 306 g/mol. The summed E-state index contributed by atoms with van der Waals surface area (Å²) in [5.41, 5.74) is 4.18. The van der Waals surface area contributed by atoms with Crippen molar-refractivity contribution in [1.29, 1.82) is 0 Å². The van der Waals surface area contributed by atoms with E-state index in [9.17, 15) is 9.59 Å². The number of aromatic nitrogens is 1. The Hall–Kier alpha value is -2.69. The standard InChI is InChI=1S/C19H17NO4/c1-10-7-8-13-16-14(19(22)23-2)9-15(21)24-18(16)12-6-4-3-5-11(12)17(13)20-10/h7-9H,3-6H2,1-2H3. The zero-order valence-electron chi connectivity index (χ0n) is 13.6. The summed E-state index contributed by atoms with van der Waals surface area (Å²) in [7, 11) is 1.31. The molecular formula is C19H17NO4. The first-order valence-corrected chi connectivity index (χ1v) is 8.07. The Morgan fingerprint density at radius 3 is 2.71 bits per heavy atom. The van der Waals surface area contributed by atoms with E-state index >= 15 is 0 Å². The van der Waals surface area contributed by atoms with E-state index in [4.69, 9.17) is 14.1 Å². The molecule has 0 amide bonds. The van der Waals surface area contributed by atoms with Crippen molar-refractivity contribution >= 4 is 27.8 Å². The van der Waals surface area contributed by atoms with E-state index in [1.807, 2.05) is 19.1 Å². The van der Waals surface area contributed by atoms with E-state index in [1.165, 1.54) is 13.2 Å². The third-order valence-electron chi connectivity index (χ3n) is 4.70.